The number of H-pyrrole nitrogens is 1. The van der Waals surface area contributed by atoms with Crippen LogP contribution >= 0.6 is 0 Å². The Bertz CT molecular complexity index is 727. The lowest BCUT2D eigenvalue weighted by molar-refractivity contribution is 0.463. The van der Waals surface area contributed by atoms with Crippen LogP contribution in [0.5, 0.6) is 5.75 Å². The van der Waals surface area contributed by atoms with E-state index in [1.54, 1.807) is 0 Å². The molecule has 0 aliphatic carbocycles. The first kappa shape index (κ1) is 11.4. The van der Waals surface area contributed by atoms with Crippen molar-refractivity contribution in [2.24, 2.45) is 0 Å². The maximum Gasteiger partial charge on any atom is 0.162 e. The normalized spacial score (nSPS) is 10.8. The van der Waals surface area contributed by atoms with Gasteiger partial charge in [-0.3, -0.25) is 0 Å². The number of hydrogen-bond donors (Lipinski definition) is 3. The number of rotatable bonds is 3. The van der Waals surface area contributed by atoms with Crippen LogP contribution in [0.3, 0.4) is 0 Å². The van der Waals surface area contributed by atoms with Crippen LogP contribution in [0.4, 0.5) is 10.2 Å². The summed E-state index contributed by atoms with van der Waals surface area (Å²) >= 11 is 0. The third-order valence-corrected chi connectivity index (χ3v) is 2.71. The van der Waals surface area contributed by atoms with Gasteiger partial charge in [-0.1, -0.05) is 6.07 Å². The van der Waals surface area contributed by atoms with E-state index < -0.39 is 5.82 Å². The van der Waals surface area contributed by atoms with Gasteiger partial charge < -0.3 is 15.4 Å². The summed E-state index contributed by atoms with van der Waals surface area (Å²) in [5, 5.41) is 12.6. The van der Waals surface area contributed by atoms with Crippen molar-refractivity contribution in [1.29, 1.82) is 0 Å². The van der Waals surface area contributed by atoms with E-state index in [1.807, 2.05) is 0 Å². The van der Waals surface area contributed by atoms with Gasteiger partial charge in [0.25, 0.3) is 0 Å². The zero-order valence-corrected chi connectivity index (χ0v) is 9.76. The highest BCUT2D eigenvalue weighted by atomic mass is 19.1. The van der Waals surface area contributed by atoms with Crippen LogP contribution in [0.2, 0.25) is 0 Å². The molecule has 0 aliphatic heterocycles. The quantitative estimate of drug-likeness (QED) is 0.667. The van der Waals surface area contributed by atoms with Gasteiger partial charge in [-0.2, -0.15) is 0 Å². The topological polar surface area (TPSA) is 86.7 Å². The summed E-state index contributed by atoms with van der Waals surface area (Å²) in [4.78, 5) is 15.1. The van der Waals surface area contributed by atoms with Crippen LogP contribution in [-0.2, 0) is 6.54 Å². The van der Waals surface area contributed by atoms with Gasteiger partial charge >= 0.3 is 0 Å². The predicted octanol–water partition coefficient (Wildman–Crippen LogP) is 1.81. The largest absolute Gasteiger partial charge is 0.507 e. The van der Waals surface area contributed by atoms with Gasteiger partial charge in [0.05, 0.1) is 6.33 Å². The number of nitrogens with zero attached hydrogens (tertiary/aromatic N) is 3. The van der Waals surface area contributed by atoms with E-state index in [2.05, 4.69) is 25.3 Å². The number of aromatic amines is 1. The Hall–Kier alpha value is -2.70. The summed E-state index contributed by atoms with van der Waals surface area (Å²) in [6.45, 7) is 0.311. The van der Waals surface area contributed by atoms with E-state index in [4.69, 9.17) is 0 Å². The van der Waals surface area contributed by atoms with Gasteiger partial charge in [-0.25, -0.2) is 19.3 Å². The molecule has 0 amide bonds. The molecule has 0 saturated heterocycles. The third kappa shape index (κ3) is 2.17. The molecule has 6 nitrogen and oxygen atoms in total. The fourth-order valence-electron chi connectivity index (χ4n) is 1.76. The van der Waals surface area contributed by atoms with E-state index in [-0.39, 0.29) is 5.75 Å². The van der Waals surface area contributed by atoms with Crippen molar-refractivity contribution in [3.8, 4) is 5.75 Å². The Kier molecular flexibility index (Phi) is 2.71. The molecular weight excluding hydrogens is 249 g/mol. The molecule has 19 heavy (non-hydrogen) atoms. The van der Waals surface area contributed by atoms with Crippen LogP contribution in [0.25, 0.3) is 11.2 Å². The van der Waals surface area contributed by atoms with Crippen molar-refractivity contribution in [2.75, 3.05) is 5.32 Å². The van der Waals surface area contributed by atoms with E-state index in [9.17, 15) is 9.50 Å². The van der Waals surface area contributed by atoms with E-state index >= 15 is 0 Å². The summed E-state index contributed by atoms with van der Waals surface area (Å²) in [5.41, 5.74) is 1.81. The number of halogens is 1. The van der Waals surface area contributed by atoms with Crippen molar-refractivity contribution >= 4 is 17.0 Å². The summed E-state index contributed by atoms with van der Waals surface area (Å²) in [5.74, 6) is -0.0206. The van der Waals surface area contributed by atoms with Crippen molar-refractivity contribution in [2.45, 2.75) is 6.54 Å². The molecule has 0 atom stereocenters. The predicted molar refractivity (Wildman–Crippen MR) is 67.1 cm³/mol. The Labute approximate surface area is 107 Å². The lowest BCUT2D eigenvalue weighted by Crippen LogP contribution is -2.03. The first-order valence-corrected chi connectivity index (χ1v) is 5.59. The average Bonchev–Trinajstić information content (AvgIpc) is 2.86. The zero-order valence-electron chi connectivity index (χ0n) is 9.76. The van der Waals surface area contributed by atoms with E-state index in [0.717, 1.165) is 6.07 Å². The standard InChI is InChI=1S/C12H10FN5O/c13-8-2-1-7(9(19)3-8)4-14-11-10-12(16-5-15-10)18-6-17-11/h1-3,5-6,19H,4H2,(H2,14,15,16,17,18). The number of phenols is 1. The van der Waals surface area contributed by atoms with Gasteiger partial charge in [0.2, 0.25) is 0 Å². The molecule has 2 aromatic heterocycles. The molecular formula is C12H10FN5O. The van der Waals surface area contributed by atoms with Crippen molar-refractivity contribution < 1.29 is 9.50 Å². The Balaban J connectivity index is 1.84. The molecule has 0 radical (unpaired) electrons. The van der Waals surface area contributed by atoms with Gasteiger partial charge in [0.1, 0.15) is 23.4 Å². The van der Waals surface area contributed by atoms with Crippen LogP contribution < -0.4 is 5.32 Å². The molecule has 0 saturated carbocycles. The number of fused-ring (bicyclic) bond motifs is 1. The second-order valence-corrected chi connectivity index (χ2v) is 3.95. The number of benzene rings is 1. The second kappa shape index (κ2) is 4.52. The lowest BCUT2D eigenvalue weighted by Gasteiger charge is -2.07. The average molecular weight is 259 g/mol. The minimum atomic E-state index is -0.474. The fourth-order valence-corrected chi connectivity index (χ4v) is 1.76. The zero-order chi connectivity index (χ0) is 13.2. The number of anilines is 1. The molecule has 7 heteroatoms. The number of nitrogens with one attached hydrogen (secondary N) is 2. The Morgan fingerprint density at radius 1 is 1.26 bits per heavy atom. The number of hydrogen-bond acceptors (Lipinski definition) is 5. The monoisotopic (exact) mass is 259 g/mol. The molecule has 0 fully saturated rings. The lowest BCUT2D eigenvalue weighted by atomic mass is 10.2. The van der Waals surface area contributed by atoms with Gasteiger partial charge in [-0.15, -0.1) is 0 Å². The maximum atomic E-state index is 12.9. The molecule has 1 aromatic carbocycles. The maximum absolute atomic E-state index is 12.9. The van der Waals surface area contributed by atoms with Crippen molar-refractivity contribution in [3.63, 3.8) is 0 Å². The summed E-state index contributed by atoms with van der Waals surface area (Å²) in [6.07, 6.45) is 2.94. The molecule has 0 bridgehead atoms. The Morgan fingerprint density at radius 3 is 3.00 bits per heavy atom. The molecule has 3 N–H and O–H groups in total. The molecule has 0 aliphatic rings. The molecule has 3 rings (SSSR count). The number of aromatic nitrogens is 4. The summed E-state index contributed by atoms with van der Waals surface area (Å²) < 4.78 is 12.9. The minimum Gasteiger partial charge on any atom is -0.507 e. The van der Waals surface area contributed by atoms with Gasteiger partial charge in [0, 0.05) is 18.2 Å². The third-order valence-electron chi connectivity index (χ3n) is 2.71. The highest BCUT2D eigenvalue weighted by molar-refractivity contribution is 5.81. The van der Waals surface area contributed by atoms with E-state index in [1.165, 1.54) is 24.8 Å². The van der Waals surface area contributed by atoms with Crippen molar-refractivity contribution in [1.82, 2.24) is 19.9 Å². The summed E-state index contributed by atoms with van der Waals surface area (Å²) in [6, 6.07) is 3.88. The van der Waals surface area contributed by atoms with Crippen LogP contribution in [0, 0.1) is 5.82 Å². The first-order chi connectivity index (χ1) is 9.24. The fraction of sp³-hybridized carbons (Fsp3) is 0.0833. The smallest absolute Gasteiger partial charge is 0.162 e. The molecule has 0 unspecified atom stereocenters. The molecule has 0 spiro atoms. The number of aromatic hydroxyl groups is 1. The number of imidazole rings is 1. The molecule has 3 aromatic rings. The SMILES string of the molecule is Oc1cc(F)ccc1CNc1ncnc2[nH]cnc12. The Morgan fingerprint density at radius 2 is 2.16 bits per heavy atom. The van der Waals surface area contributed by atoms with Crippen molar-refractivity contribution in [3.05, 3.63) is 42.2 Å². The highest BCUT2D eigenvalue weighted by Crippen LogP contribution is 2.20. The van der Waals surface area contributed by atoms with Gasteiger partial charge in [-0.05, 0) is 6.07 Å². The van der Waals surface area contributed by atoms with Crippen LogP contribution in [-0.4, -0.2) is 25.0 Å². The second-order valence-electron chi connectivity index (χ2n) is 3.95. The van der Waals surface area contributed by atoms with Gasteiger partial charge in [0.15, 0.2) is 11.5 Å². The number of phenolic OH excluding ortho intramolecular Hbond substituents is 1. The van der Waals surface area contributed by atoms with Crippen LogP contribution in [0.15, 0.2) is 30.9 Å². The van der Waals surface area contributed by atoms with E-state index in [0.29, 0.717) is 29.1 Å². The molecule has 96 valence electrons. The molecule has 2 heterocycles. The minimum absolute atomic E-state index is 0.0974. The first-order valence-electron chi connectivity index (χ1n) is 5.59. The highest BCUT2D eigenvalue weighted by Gasteiger charge is 2.07. The van der Waals surface area contributed by atoms with Crippen LogP contribution in [0.1, 0.15) is 5.56 Å². The summed E-state index contributed by atoms with van der Waals surface area (Å²) in [7, 11) is 0.